The van der Waals surface area contributed by atoms with E-state index in [9.17, 15) is 14.4 Å². The smallest absolute Gasteiger partial charge is 0.240 e. The Morgan fingerprint density at radius 1 is 0.852 bits per heavy atom. The number of rotatable bonds is 5. The second-order valence-corrected chi connectivity index (χ2v) is 7.40. The Morgan fingerprint density at radius 2 is 1.37 bits per heavy atom. The van der Waals surface area contributed by atoms with Crippen LogP contribution in [0.2, 0.25) is 0 Å². The van der Waals surface area contributed by atoms with Gasteiger partial charge < -0.3 is 10.6 Å². The van der Waals surface area contributed by atoms with Gasteiger partial charge in [-0.25, -0.2) is 0 Å². The van der Waals surface area contributed by atoms with Crippen LogP contribution < -0.4 is 10.6 Å². The van der Waals surface area contributed by atoms with E-state index in [1.54, 1.807) is 24.3 Å². The molecule has 0 atom stereocenters. The van der Waals surface area contributed by atoms with Gasteiger partial charge >= 0.3 is 0 Å². The number of ketones is 1. The fraction of sp³-hybridized carbons (Fsp3) is 0.318. The molecule has 3 rings (SSSR count). The highest BCUT2D eigenvalue weighted by molar-refractivity contribution is 6.17. The molecule has 5 heteroatoms. The monoisotopic (exact) mass is 364 g/mol. The van der Waals surface area contributed by atoms with Gasteiger partial charge in [0, 0.05) is 16.9 Å². The fourth-order valence-corrected chi connectivity index (χ4v) is 3.33. The summed E-state index contributed by atoms with van der Waals surface area (Å²) in [6, 6.07) is 10.7. The predicted octanol–water partition coefficient (Wildman–Crippen LogP) is 4.17. The predicted molar refractivity (Wildman–Crippen MR) is 106 cm³/mol. The minimum absolute atomic E-state index is 0.0326. The van der Waals surface area contributed by atoms with Crippen LogP contribution >= 0.6 is 0 Å². The molecule has 0 aromatic heterocycles. The number of aryl methyl sites for hydroxylation is 3. The van der Waals surface area contributed by atoms with Crippen LogP contribution in [0.3, 0.4) is 0 Å². The molecule has 0 radical (unpaired) electrons. The first-order chi connectivity index (χ1) is 12.7. The number of amides is 2. The van der Waals surface area contributed by atoms with Gasteiger partial charge in [-0.3, -0.25) is 14.4 Å². The maximum absolute atomic E-state index is 12.8. The molecule has 140 valence electrons. The van der Waals surface area contributed by atoms with Crippen LogP contribution in [-0.4, -0.2) is 17.6 Å². The molecule has 2 aromatic carbocycles. The molecule has 2 aromatic rings. The van der Waals surface area contributed by atoms with Crippen molar-refractivity contribution < 1.29 is 14.4 Å². The zero-order valence-electron chi connectivity index (χ0n) is 16.1. The molecule has 5 nitrogen and oxygen atoms in total. The molecule has 0 heterocycles. The topological polar surface area (TPSA) is 75.3 Å². The quantitative estimate of drug-likeness (QED) is 0.617. The summed E-state index contributed by atoms with van der Waals surface area (Å²) in [7, 11) is 0. The van der Waals surface area contributed by atoms with Crippen molar-refractivity contribution in [3.63, 3.8) is 0 Å². The molecular weight excluding hydrogens is 340 g/mol. The minimum Gasteiger partial charge on any atom is -0.325 e. The van der Waals surface area contributed by atoms with Gasteiger partial charge in [0.2, 0.25) is 11.8 Å². The lowest BCUT2D eigenvalue weighted by Gasteiger charge is -2.18. The zero-order chi connectivity index (χ0) is 19.8. The van der Waals surface area contributed by atoms with Gasteiger partial charge in [0.1, 0.15) is 5.41 Å². The summed E-state index contributed by atoms with van der Waals surface area (Å²) in [5, 5.41) is 5.76. The summed E-state index contributed by atoms with van der Waals surface area (Å²) in [6.45, 7) is 7.41. The molecular formula is C22H24N2O3. The van der Waals surface area contributed by atoms with E-state index in [1.165, 1.54) is 6.92 Å². The highest BCUT2D eigenvalue weighted by Crippen LogP contribution is 2.47. The lowest BCUT2D eigenvalue weighted by molar-refractivity contribution is -0.131. The van der Waals surface area contributed by atoms with Crippen LogP contribution in [0.5, 0.6) is 0 Å². The number of carbonyl (C=O) groups excluding carboxylic acids is 3. The van der Waals surface area contributed by atoms with Crippen molar-refractivity contribution in [3.8, 4) is 0 Å². The molecule has 0 aliphatic heterocycles. The first kappa shape index (κ1) is 18.8. The molecule has 27 heavy (non-hydrogen) atoms. The van der Waals surface area contributed by atoms with E-state index < -0.39 is 5.41 Å². The molecule has 0 bridgehead atoms. The molecule has 0 unspecified atom stereocenters. The van der Waals surface area contributed by atoms with Crippen molar-refractivity contribution in [2.75, 3.05) is 10.6 Å². The molecule has 1 saturated carbocycles. The third-order valence-electron chi connectivity index (χ3n) is 5.08. The highest BCUT2D eigenvalue weighted by Gasteiger charge is 2.56. The minimum atomic E-state index is -1.02. The van der Waals surface area contributed by atoms with Crippen LogP contribution in [0.15, 0.2) is 36.4 Å². The summed E-state index contributed by atoms with van der Waals surface area (Å²) >= 11 is 0. The standard InChI is InChI=1S/C22H24N2O3/c1-13-11-14(2)19(15(3)12-13)24-21(27)22(9-10-22)20(26)23-18-7-5-17(6-8-18)16(4)25/h5-8,11-12H,9-10H2,1-4H3,(H,23,26)(H,24,27). The lowest BCUT2D eigenvalue weighted by Crippen LogP contribution is -2.36. The van der Waals surface area contributed by atoms with Crippen LogP contribution in [0.1, 0.15) is 46.8 Å². The van der Waals surface area contributed by atoms with E-state index in [-0.39, 0.29) is 17.6 Å². The summed E-state index contributed by atoms with van der Waals surface area (Å²) in [5.41, 5.74) is 4.01. The maximum atomic E-state index is 12.8. The largest absolute Gasteiger partial charge is 0.325 e. The number of carbonyl (C=O) groups is 3. The first-order valence-electron chi connectivity index (χ1n) is 9.05. The second-order valence-electron chi connectivity index (χ2n) is 7.40. The number of Topliss-reactive ketones (excluding diaryl/α,β-unsaturated/α-hetero) is 1. The van der Waals surface area contributed by atoms with E-state index in [0.717, 1.165) is 22.4 Å². The number of hydrogen-bond acceptors (Lipinski definition) is 3. The van der Waals surface area contributed by atoms with E-state index in [4.69, 9.17) is 0 Å². The van der Waals surface area contributed by atoms with E-state index in [2.05, 4.69) is 10.6 Å². The average Bonchev–Trinajstić information content (AvgIpc) is 3.40. The van der Waals surface area contributed by atoms with Gasteiger partial charge in [-0.15, -0.1) is 0 Å². The van der Waals surface area contributed by atoms with Gasteiger partial charge in [-0.1, -0.05) is 17.7 Å². The Balaban J connectivity index is 1.73. The van der Waals surface area contributed by atoms with Crippen LogP contribution in [0.25, 0.3) is 0 Å². The summed E-state index contributed by atoms with van der Waals surface area (Å²) < 4.78 is 0. The zero-order valence-corrected chi connectivity index (χ0v) is 16.1. The summed E-state index contributed by atoms with van der Waals surface area (Å²) in [4.78, 5) is 36.9. The Morgan fingerprint density at radius 3 is 1.85 bits per heavy atom. The van der Waals surface area contributed by atoms with Crippen molar-refractivity contribution in [1.29, 1.82) is 0 Å². The number of nitrogens with one attached hydrogen (secondary N) is 2. The highest BCUT2D eigenvalue weighted by atomic mass is 16.2. The molecule has 0 spiro atoms. The SMILES string of the molecule is CC(=O)c1ccc(NC(=O)C2(C(=O)Nc3c(C)cc(C)cc3C)CC2)cc1. The fourth-order valence-electron chi connectivity index (χ4n) is 3.33. The Hall–Kier alpha value is -2.95. The summed E-state index contributed by atoms with van der Waals surface area (Å²) in [5.74, 6) is -0.608. The van der Waals surface area contributed by atoms with Crippen LogP contribution in [-0.2, 0) is 9.59 Å². The van der Waals surface area contributed by atoms with Gasteiger partial charge in [-0.2, -0.15) is 0 Å². The average molecular weight is 364 g/mol. The molecule has 1 fully saturated rings. The molecule has 0 saturated heterocycles. The van der Waals surface area contributed by atoms with Crippen LogP contribution in [0, 0.1) is 26.2 Å². The third kappa shape index (κ3) is 3.77. The van der Waals surface area contributed by atoms with Crippen molar-refractivity contribution in [2.45, 2.75) is 40.5 Å². The molecule has 2 N–H and O–H groups in total. The van der Waals surface area contributed by atoms with Crippen molar-refractivity contribution in [3.05, 3.63) is 58.7 Å². The number of benzene rings is 2. The van der Waals surface area contributed by atoms with Crippen LogP contribution in [0.4, 0.5) is 11.4 Å². The Bertz CT molecular complexity index is 902. The normalized spacial score (nSPS) is 14.4. The maximum Gasteiger partial charge on any atom is 0.240 e. The molecule has 2 amide bonds. The van der Waals surface area contributed by atoms with Gasteiger partial charge in [-0.05, 0) is 75.9 Å². The van der Waals surface area contributed by atoms with E-state index in [1.807, 2.05) is 32.9 Å². The Kier molecular flexibility index (Phi) is 4.87. The second kappa shape index (κ2) is 6.99. The van der Waals surface area contributed by atoms with Gasteiger partial charge in [0.25, 0.3) is 0 Å². The number of anilines is 2. The van der Waals surface area contributed by atoms with Gasteiger partial charge in [0.15, 0.2) is 5.78 Å². The molecule has 1 aliphatic rings. The third-order valence-corrected chi connectivity index (χ3v) is 5.08. The molecule has 1 aliphatic carbocycles. The lowest BCUT2D eigenvalue weighted by atomic mass is 10.0. The Labute approximate surface area is 159 Å². The number of hydrogen-bond donors (Lipinski definition) is 2. The van der Waals surface area contributed by atoms with Crippen molar-refractivity contribution in [2.24, 2.45) is 5.41 Å². The van der Waals surface area contributed by atoms with E-state index >= 15 is 0 Å². The van der Waals surface area contributed by atoms with E-state index in [0.29, 0.717) is 24.1 Å². The first-order valence-corrected chi connectivity index (χ1v) is 9.05. The summed E-state index contributed by atoms with van der Waals surface area (Å²) in [6.07, 6.45) is 1.06. The van der Waals surface area contributed by atoms with Crippen molar-refractivity contribution in [1.82, 2.24) is 0 Å². The van der Waals surface area contributed by atoms with Crippen molar-refractivity contribution >= 4 is 29.0 Å². The van der Waals surface area contributed by atoms with Gasteiger partial charge in [0.05, 0.1) is 0 Å².